The number of rotatable bonds is 17. The van der Waals surface area contributed by atoms with Gasteiger partial charge in [0, 0.05) is 18.9 Å². The monoisotopic (exact) mass is 898 g/mol. The Hall–Kier alpha value is -5.37. The highest BCUT2D eigenvalue weighted by Crippen LogP contribution is 2.44. The van der Waals surface area contributed by atoms with E-state index in [1.165, 1.54) is 4.90 Å². The van der Waals surface area contributed by atoms with Gasteiger partial charge in [0.15, 0.2) is 6.10 Å². The van der Waals surface area contributed by atoms with Crippen LogP contribution in [0.15, 0.2) is 78.9 Å². The quantitative estimate of drug-likeness (QED) is 0.103. The number of amides is 6. The number of nitrogens with one attached hydrogen (secondary N) is 5. The van der Waals surface area contributed by atoms with E-state index in [4.69, 9.17) is 9.47 Å². The maximum atomic E-state index is 14.9. The van der Waals surface area contributed by atoms with Gasteiger partial charge in [-0.05, 0) is 83.2 Å². The Kier molecular flexibility index (Phi) is 16.5. The summed E-state index contributed by atoms with van der Waals surface area (Å²) >= 11 is 0. The second-order valence-corrected chi connectivity index (χ2v) is 18.2. The van der Waals surface area contributed by atoms with Gasteiger partial charge in [0.25, 0.3) is 5.91 Å². The number of fused-ring (bicyclic) bond motifs is 3. The van der Waals surface area contributed by atoms with Crippen LogP contribution in [-0.2, 0) is 33.4 Å². The molecule has 3 aromatic carbocycles. The average molecular weight is 899 g/mol. The highest BCUT2D eigenvalue weighted by molar-refractivity contribution is 7.15. The molecule has 1 saturated carbocycles. The molecule has 3 unspecified atom stereocenters. The van der Waals surface area contributed by atoms with E-state index in [1.807, 2.05) is 64.1 Å². The molecule has 0 spiro atoms. The molecule has 6 rings (SSSR count). The lowest BCUT2D eigenvalue weighted by atomic mass is 9.83. The van der Waals surface area contributed by atoms with Gasteiger partial charge in [-0.3, -0.25) is 24.0 Å². The van der Waals surface area contributed by atoms with Crippen LogP contribution in [0.2, 0.25) is 0 Å². The smallest absolute Gasteiger partial charge is 0.407 e. The normalized spacial score (nSPS) is 19.2. The van der Waals surface area contributed by atoms with Crippen molar-refractivity contribution in [3.05, 3.63) is 95.6 Å². The van der Waals surface area contributed by atoms with Crippen LogP contribution >= 0.6 is 9.39 Å². The van der Waals surface area contributed by atoms with Gasteiger partial charge in [-0.1, -0.05) is 111 Å². The molecule has 64 heavy (non-hydrogen) atoms. The second-order valence-electron chi connectivity index (χ2n) is 17.9. The van der Waals surface area contributed by atoms with Crippen LogP contribution in [0.5, 0.6) is 0 Å². The summed E-state index contributed by atoms with van der Waals surface area (Å²) in [6.45, 7) is 7.11. The van der Waals surface area contributed by atoms with E-state index in [-0.39, 0.29) is 37.8 Å². The van der Waals surface area contributed by atoms with E-state index in [0.29, 0.717) is 24.8 Å². The van der Waals surface area contributed by atoms with Crippen molar-refractivity contribution < 1.29 is 43.3 Å². The van der Waals surface area contributed by atoms with Crippen LogP contribution in [0.4, 0.5) is 4.79 Å². The van der Waals surface area contributed by atoms with Crippen molar-refractivity contribution in [2.24, 2.45) is 5.92 Å². The number of hydrogen-bond acceptors (Lipinski definition) is 9. The number of likely N-dealkylation sites (tertiary alicyclic amines) is 1. The molecule has 16 heteroatoms. The molecule has 7 atom stereocenters. The summed E-state index contributed by atoms with van der Waals surface area (Å²) in [7, 11) is 2.10. The van der Waals surface area contributed by atoms with Gasteiger partial charge < -0.3 is 45.8 Å². The highest BCUT2D eigenvalue weighted by atomic mass is 31.0. The van der Waals surface area contributed by atoms with Gasteiger partial charge in [0.05, 0.1) is 24.3 Å². The molecule has 2 fully saturated rings. The first-order valence-electron chi connectivity index (χ1n) is 22.4. The summed E-state index contributed by atoms with van der Waals surface area (Å²) in [4.78, 5) is 83.2. The molecule has 6 amide bonds. The van der Waals surface area contributed by atoms with Crippen molar-refractivity contribution in [3.63, 3.8) is 0 Å². The fourth-order valence-corrected chi connectivity index (χ4v) is 9.43. The molecule has 1 saturated heterocycles. The fourth-order valence-electron chi connectivity index (χ4n) is 9.26. The van der Waals surface area contributed by atoms with E-state index in [2.05, 4.69) is 47.9 Å². The number of benzene rings is 3. The molecule has 1 heterocycles. The van der Waals surface area contributed by atoms with Crippen LogP contribution in [0.25, 0.3) is 11.1 Å². The minimum absolute atomic E-state index is 0.0739. The predicted molar refractivity (Wildman–Crippen MR) is 244 cm³/mol. The third-order valence-corrected chi connectivity index (χ3v) is 12.5. The Labute approximate surface area is 377 Å². The Morgan fingerprint density at radius 1 is 0.828 bits per heavy atom. The number of nitrogens with zero attached hydrogens (tertiary/aromatic N) is 1. The van der Waals surface area contributed by atoms with Crippen molar-refractivity contribution in [1.82, 2.24) is 31.3 Å². The molecule has 3 aliphatic rings. The van der Waals surface area contributed by atoms with E-state index in [0.717, 1.165) is 41.5 Å². The minimum atomic E-state index is -1.76. The lowest BCUT2D eigenvalue weighted by molar-refractivity contribution is -0.142. The average Bonchev–Trinajstić information content (AvgIpc) is 3.86. The van der Waals surface area contributed by atoms with Gasteiger partial charge in [-0.25, -0.2) is 4.79 Å². The van der Waals surface area contributed by atoms with E-state index < -0.39 is 84.2 Å². The SMILES string of the molecule is CCCC(NC(=O)[C@@H]1C[C@@H](OC(C)(C)C)CN1C(=O)[C@@H](NC(=O)OCC1c2ccccc2-c2ccccc21)C1CCCCC1)C(O)C(=O)NCC(=O)N[C@H](C(=O)NP)c1ccccc1. The number of hydrogen-bond donors (Lipinski definition) is 6. The summed E-state index contributed by atoms with van der Waals surface area (Å²) < 4.78 is 12.2. The zero-order valence-electron chi connectivity index (χ0n) is 37.1. The lowest BCUT2D eigenvalue weighted by Crippen LogP contribution is -2.58. The first-order chi connectivity index (χ1) is 30.7. The molecule has 0 bridgehead atoms. The number of alkyl carbamates (subject to hydrolysis) is 1. The fraction of sp³-hybridized carbons (Fsp3) is 0.500. The molecule has 1 aliphatic heterocycles. The maximum Gasteiger partial charge on any atom is 0.407 e. The van der Waals surface area contributed by atoms with Crippen LogP contribution in [0.1, 0.15) is 108 Å². The molecule has 0 aromatic heterocycles. The van der Waals surface area contributed by atoms with Crippen molar-refractivity contribution in [2.45, 2.75) is 127 Å². The molecule has 0 radical (unpaired) electrons. The van der Waals surface area contributed by atoms with Crippen molar-refractivity contribution in [3.8, 4) is 11.1 Å². The molecule has 6 N–H and O–H groups in total. The summed E-state index contributed by atoms with van der Waals surface area (Å²) in [5.74, 6) is -3.46. The molecular formula is C48H63N6O9P. The van der Waals surface area contributed by atoms with Gasteiger partial charge in [0.2, 0.25) is 23.6 Å². The standard InChI is InChI=1S/C48H63N6O9P/c1-5-16-37(42(56)45(59)49-26-39(55)51-40(44(58)53-64)29-17-8-6-9-18-29)50-43(57)38-25-31(63-48(2,3)4)27-54(38)46(60)41(30-19-10-7-11-20-30)52-47(61)62-28-36-34-23-14-12-21-32(34)33-22-13-15-24-35(33)36/h6,8-9,12-15,17-18,21-24,30-31,36-38,40-42,56H,5,7,10-11,16,19-20,25-28,64H2,1-4H3,(H,49,59)(H,50,57)(H,51,55)(H,52,61)(H,53,58)/t31-,37?,38+,40+,41+,42?/m1/s1. The van der Waals surface area contributed by atoms with E-state index in [1.54, 1.807) is 30.3 Å². The highest BCUT2D eigenvalue weighted by Gasteiger charge is 2.46. The lowest BCUT2D eigenvalue weighted by Gasteiger charge is -2.35. The molecule has 3 aromatic rings. The zero-order chi connectivity index (χ0) is 46.0. The molecule has 344 valence electrons. The first-order valence-corrected chi connectivity index (χ1v) is 23.0. The summed E-state index contributed by atoms with van der Waals surface area (Å²) in [6.07, 6.45) is 2.05. The van der Waals surface area contributed by atoms with E-state index in [9.17, 15) is 33.9 Å². The third-order valence-electron chi connectivity index (χ3n) is 12.2. The Morgan fingerprint density at radius 3 is 2.06 bits per heavy atom. The maximum absolute atomic E-state index is 14.9. The minimum Gasteiger partial charge on any atom is -0.449 e. The summed E-state index contributed by atoms with van der Waals surface area (Å²) in [6, 6.07) is 20.6. The largest absolute Gasteiger partial charge is 0.449 e. The van der Waals surface area contributed by atoms with Crippen LogP contribution in [-0.4, -0.2) is 101 Å². The van der Waals surface area contributed by atoms with E-state index >= 15 is 0 Å². The van der Waals surface area contributed by atoms with Crippen LogP contribution in [0.3, 0.4) is 0 Å². The molecule has 15 nitrogen and oxygen atoms in total. The molecular weight excluding hydrogens is 836 g/mol. The Morgan fingerprint density at radius 2 is 1.45 bits per heavy atom. The topological polar surface area (TPSA) is 204 Å². The second kappa shape index (κ2) is 22.0. The van der Waals surface area contributed by atoms with Gasteiger partial charge in [0.1, 0.15) is 24.7 Å². The molecule has 2 aliphatic carbocycles. The first kappa shape index (κ1) is 48.1. The van der Waals surface area contributed by atoms with Crippen molar-refractivity contribution >= 4 is 45.0 Å². The Bertz CT molecular complexity index is 2080. The van der Waals surface area contributed by atoms with Gasteiger partial charge in [-0.2, -0.15) is 0 Å². The summed E-state index contributed by atoms with van der Waals surface area (Å²) in [5.41, 5.74) is 4.26. The Balaban J connectivity index is 1.14. The van der Waals surface area contributed by atoms with Crippen molar-refractivity contribution in [1.29, 1.82) is 0 Å². The van der Waals surface area contributed by atoms with Crippen molar-refractivity contribution in [2.75, 3.05) is 19.7 Å². The van der Waals surface area contributed by atoms with Gasteiger partial charge in [-0.15, -0.1) is 0 Å². The number of aliphatic hydroxyl groups is 1. The number of ether oxygens (including phenoxy) is 2. The third kappa shape index (κ3) is 12.0. The summed E-state index contributed by atoms with van der Waals surface area (Å²) in [5, 5.41) is 24.5. The zero-order valence-corrected chi connectivity index (χ0v) is 38.3. The van der Waals surface area contributed by atoms with Crippen LogP contribution in [0, 0.1) is 5.92 Å². The van der Waals surface area contributed by atoms with Crippen LogP contribution < -0.4 is 26.4 Å². The van der Waals surface area contributed by atoms with Gasteiger partial charge >= 0.3 is 6.09 Å². The number of carbonyl (C=O) groups excluding carboxylic acids is 6. The number of carbonyl (C=O) groups is 6. The number of aliphatic hydroxyl groups excluding tert-OH is 1. The predicted octanol–water partition coefficient (Wildman–Crippen LogP) is 4.78.